The van der Waals surface area contributed by atoms with E-state index in [9.17, 15) is 19.5 Å². The molecule has 0 aliphatic carbocycles. The average molecular weight is 500 g/mol. The number of likely N-dealkylation sites (tertiary alicyclic amines) is 1. The smallest absolute Gasteiger partial charge is 0.253 e. The number of hydrogen-bond donors (Lipinski definition) is 1. The minimum Gasteiger partial charge on any atom is -0.394 e. The molecular formula is C26H30ClN3O5. The quantitative estimate of drug-likeness (QED) is 0.639. The Morgan fingerprint density at radius 2 is 1.86 bits per heavy atom. The number of amides is 3. The van der Waals surface area contributed by atoms with E-state index in [-0.39, 0.29) is 36.8 Å². The highest BCUT2D eigenvalue weighted by molar-refractivity contribution is 6.34. The molecule has 8 nitrogen and oxygen atoms in total. The van der Waals surface area contributed by atoms with Crippen molar-refractivity contribution in [3.05, 3.63) is 53.6 Å². The van der Waals surface area contributed by atoms with E-state index >= 15 is 0 Å². The number of rotatable bonds is 4. The topological polar surface area (TPSA) is 90.4 Å². The Morgan fingerprint density at radius 3 is 2.54 bits per heavy atom. The molecule has 1 unspecified atom stereocenters. The Hall–Kier alpha value is -2.68. The number of carbonyl (C=O) groups excluding carboxylic acids is 3. The van der Waals surface area contributed by atoms with E-state index in [4.69, 9.17) is 16.3 Å². The number of fused-ring (bicyclic) bond motifs is 2. The van der Waals surface area contributed by atoms with Crippen molar-refractivity contribution in [2.45, 2.75) is 37.6 Å². The maximum Gasteiger partial charge on any atom is 0.253 e. The average Bonchev–Trinajstić information content (AvgIpc) is 3.14. The predicted molar refractivity (Wildman–Crippen MR) is 131 cm³/mol. The lowest BCUT2D eigenvalue weighted by Gasteiger charge is -2.39. The van der Waals surface area contributed by atoms with Crippen LogP contribution in [0.15, 0.2) is 48.6 Å². The summed E-state index contributed by atoms with van der Waals surface area (Å²) in [4.78, 5) is 46.5. The minimum absolute atomic E-state index is 0.128. The van der Waals surface area contributed by atoms with Crippen LogP contribution in [0.3, 0.4) is 0 Å². The van der Waals surface area contributed by atoms with E-state index in [0.717, 1.165) is 0 Å². The van der Waals surface area contributed by atoms with Gasteiger partial charge in [-0.25, -0.2) is 0 Å². The number of hydrogen-bond acceptors (Lipinski definition) is 5. The van der Waals surface area contributed by atoms with Crippen molar-refractivity contribution < 1.29 is 24.2 Å². The molecule has 1 spiro atoms. The zero-order valence-electron chi connectivity index (χ0n) is 20.0. The van der Waals surface area contributed by atoms with E-state index < -0.39 is 35.6 Å². The van der Waals surface area contributed by atoms with Gasteiger partial charge in [-0.3, -0.25) is 14.4 Å². The Kier molecular flexibility index (Phi) is 6.02. The van der Waals surface area contributed by atoms with Crippen LogP contribution in [0, 0.1) is 17.8 Å². The molecule has 3 amide bonds. The van der Waals surface area contributed by atoms with Crippen LogP contribution < -0.4 is 4.90 Å². The Labute approximate surface area is 209 Å². The molecule has 6 atom stereocenters. The number of anilines is 1. The molecule has 4 heterocycles. The van der Waals surface area contributed by atoms with Crippen molar-refractivity contribution >= 4 is 35.0 Å². The van der Waals surface area contributed by atoms with Crippen molar-refractivity contribution in [3.63, 3.8) is 0 Å². The number of para-hydroxylation sites is 1. The number of aliphatic hydroxyl groups is 1. The molecule has 35 heavy (non-hydrogen) atoms. The number of likely N-dealkylation sites (N-methyl/N-ethyl adjacent to an activating group) is 1. The number of halogens is 1. The highest BCUT2D eigenvalue weighted by atomic mass is 35.5. The lowest BCUT2D eigenvalue weighted by molar-refractivity contribution is -0.147. The number of carbonyl (C=O) groups is 3. The van der Waals surface area contributed by atoms with Crippen molar-refractivity contribution in [3.8, 4) is 0 Å². The van der Waals surface area contributed by atoms with Crippen LogP contribution >= 0.6 is 11.6 Å². The maximum absolute atomic E-state index is 14.3. The zero-order chi connectivity index (χ0) is 25.1. The van der Waals surface area contributed by atoms with Gasteiger partial charge in [-0.05, 0) is 18.1 Å². The summed E-state index contributed by atoms with van der Waals surface area (Å²) >= 11 is 6.46. The largest absolute Gasteiger partial charge is 0.394 e. The fraction of sp³-hybridized carbons (Fsp3) is 0.500. The van der Waals surface area contributed by atoms with Crippen LogP contribution in [0.1, 0.15) is 13.8 Å². The number of aliphatic hydroxyl groups excluding tert-OH is 1. The number of benzene rings is 1. The number of ether oxygens (including phenoxy) is 1. The molecule has 4 aliphatic heterocycles. The molecule has 5 rings (SSSR count). The third-order valence-electron chi connectivity index (χ3n) is 7.76. The van der Waals surface area contributed by atoms with Crippen LogP contribution in [-0.2, 0) is 19.1 Å². The van der Waals surface area contributed by atoms with Gasteiger partial charge < -0.3 is 24.5 Å². The Balaban J connectivity index is 1.68. The molecule has 0 saturated carbocycles. The molecule has 0 aromatic heterocycles. The molecule has 2 saturated heterocycles. The maximum atomic E-state index is 14.3. The van der Waals surface area contributed by atoms with Gasteiger partial charge in [-0.2, -0.15) is 0 Å². The third-order valence-corrected chi connectivity index (χ3v) is 8.07. The van der Waals surface area contributed by atoms with E-state index in [1.165, 1.54) is 4.90 Å². The standard InChI is InChI=1S/C26H30ClN3O5/c1-15(2)18(14-31)30-22-25(34)29(17-9-5-4-8-16(17)27)13-7-11-26(22)21(24(30)33)20-19(35-26)10-6-12-28(3)23(20)32/h4-11,15,18-22,31H,12-14H2,1-3H3/t18-,19-,20+,21-,22?,26-/m0/s1. The molecule has 1 aromatic carbocycles. The van der Waals surface area contributed by atoms with Crippen molar-refractivity contribution in [2.24, 2.45) is 17.8 Å². The molecule has 9 heteroatoms. The van der Waals surface area contributed by atoms with Gasteiger partial charge in [0, 0.05) is 20.1 Å². The Morgan fingerprint density at radius 1 is 1.11 bits per heavy atom. The van der Waals surface area contributed by atoms with Gasteiger partial charge in [0.25, 0.3) is 5.91 Å². The molecule has 1 aromatic rings. The lowest BCUT2D eigenvalue weighted by atomic mass is 9.77. The molecule has 186 valence electrons. The number of nitrogens with zero attached hydrogens (tertiary/aromatic N) is 3. The fourth-order valence-corrected chi connectivity index (χ4v) is 6.30. The van der Waals surface area contributed by atoms with Crippen LogP contribution in [-0.4, -0.2) is 83.2 Å². The predicted octanol–water partition coefficient (Wildman–Crippen LogP) is 1.87. The van der Waals surface area contributed by atoms with Gasteiger partial charge in [0.1, 0.15) is 11.6 Å². The lowest BCUT2D eigenvalue weighted by Crippen LogP contribution is -2.59. The summed E-state index contributed by atoms with van der Waals surface area (Å²) in [6.07, 6.45) is 6.67. The highest BCUT2D eigenvalue weighted by Gasteiger charge is 2.72. The molecule has 0 radical (unpaired) electrons. The van der Waals surface area contributed by atoms with E-state index in [1.807, 2.05) is 32.1 Å². The second-order valence-corrected chi connectivity index (χ2v) is 10.4. The molecule has 2 fully saturated rings. The Bertz CT molecular complexity index is 1120. The van der Waals surface area contributed by atoms with Gasteiger partial charge in [0.05, 0.1) is 41.3 Å². The molecule has 1 N–H and O–H groups in total. The monoisotopic (exact) mass is 499 g/mol. The summed E-state index contributed by atoms with van der Waals surface area (Å²) < 4.78 is 6.57. The highest BCUT2D eigenvalue weighted by Crippen LogP contribution is 2.54. The minimum atomic E-state index is -1.33. The molecule has 4 aliphatic rings. The molecule has 0 bridgehead atoms. The summed E-state index contributed by atoms with van der Waals surface area (Å²) in [5.41, 5.74) is -0.801. The van der Waals surface area contributed by atoms with Gasteiger partial charge >= 0.3 is 0 Å². The first-order valence-corrected chi connectivity index (χ1v) is 12.4. The second-order valence-electron chi connectivity index (χ2n) is 10.0. The van der Waals surface area contributed by atoms with Crippen LogP contribution in [0.4, 0.5) is 5.69 Å². The van der Waals surface area contributed by atoms with Crippen LogP contribution in [0.5, 0.6) is 0 Å². The first kappa shape index (κ1) is 24.0. The summed E-state index contributed by atoms with van der Waals surface area (Å²) in [7, 11) is 1.70. The SMILES string of the molecule is CC(C)[C@H](CO)N1C(=O)[C@@H]2[C@@H]3C(=O)N(C)CC=C[C@@H]3O[C@@]23C=CCN(c2ccccc2Cl)C(=O)C13. The van der Waals surface area contributed by atoms with Crippen molar-refractivity contribution in [1.82, 2.24) is 9.80 Å². The third kappa shape index (κ3) is 3.45. The van der Waals surface area contributed by atoms with E-state index in [2.05, 4.69) is 0 Å². The first-order chi connectivity index (χ1) is 16.7. The van der Waals surface area contributed by atoms with Gasteiger partial charge in [0.2, 0.25) is 11.8 Å². The van der Waals surface area contributed by atoms with Crippen LogP contribution in [0.2, 0.25) is 5.02 Å². The normalized spacial score (nSPS) is 33.1. The second kappa shape index (κ2) is 8.76. The fourth-order valence-electron chi connectivity index (χ4n) is 6.07. The summed E-state index contributed by atoms with van der Waals surface area (Å²) in [6.45, 7) is 4.15. The van der Waals surface area contributed by atoms with E-state index in [1.54, 1.807) is 47.2 Å². The van der Waals surface area contributed by atoms with Gasteiger partial charge in [-0.1, -0.05) is 61.9 Å². The van der Waals surface area contributed by atoms with Crippen molar-refractivity contribution in [1.29, 1.82) is 0 Å². The molecular weight excluding hydrogens is 470 g/mol. The van der Waals surface area contributed by atoms with E-state index in [0.29, 0.717) is 17.3 Å². The van der Waals surface area contributed by atoms with Gasteiger partial charge in [-0.15, -0.1) is 0 Å². The summed E-state index contributed by atoms with van der Waals surface area (Å²) in [6, 6.07) is 5.39. The van der Waals surface area contributed by atoms with Crippen molar-refractivity contribution in [2.75, 3.05) is 31.6 Å². The summed E-state index contributed by atoms with van der Waals surface area (Å²) in [5, 5.41) is 10.7. The first-order valence-electron chi connectivity index (χ1n) is 12.0. The summed E-state index contributed by atoms with van der Waals surface area (Å²) in [5.74, 6) is -2.64. The zero-order valence-corrected chi connectivity index (χ0v) is 20.8. The van der Waals surface area contributed by atoms with Gasteiger partial charge in [0.15, 0.2) is 0 Å². The van der Waals surface area contributed by atoms with Crippen LogP contribution in [0.25, 0.3) is 0 Å².